The number of unbranched alkanes of at least 4 members (excludes halogenated alkanes) is 1. The van der Waals surface area contributed by atoms with Gasteiger partial charge >= 0.3 is 5.97 Å². The molecule has 1 aromatic heterocycles. The number of carbonyl (C=O) groups is 1. The van der Waals surface area contributed by atoms with E-state index in [-0.39, 0.29) is 5.97 Å². The van der Waals surface area contributed by atoms with Crippen LogP contribution >= 0.6 is 11.3 Å². The Morgan fingerprint density at radius 2 is 2.05 bits per heavy atom. The summed E-state index contributed by atoms with van der Waals surface area (Å²) in [6.45, 7) is 4.89. The molecule has 1 aromatic carbocycles. The lowest BCUT2D eigenvalue weighted by atomic mass is 10.2. The molecule has 5 heteroatoms. The number of para-hydroxylation sites is 1. The topological polar surface area (TPSA) is 42.4 Å². The van der Waals surface area contributed by atoms with Gasteiger partial charge in [0.15, 0.2) is 5.13 Å². The molecule has 0 saturated carbocycles. The lowest BCUT2D eigenvalue weighted by Gasteiger charge is -2.21. The average Bonchev–Trinajstić information content (AvgIpc) is 2.90. The minimum absolute atomic E-state index is 0.320. The summed E-state index contributed by atoms with van der Waals surface area (Å²) in [5.41, 5.74) is 1.82. The largest absolute Gasteiger partial charge is 0.465 e. The number of nitrogens with zero attached hydrogens (tertiary/aromatic N) is 2. The van der Waals surface area contributed by atoms with E-state index in [1.54, 1.807) is 0 Å². The first-order chi connectivity index (χ1) is 10.2. The molecule has 2 aromatic rings. The molecule has 112 valence electrons. The predicted octanol–water partition coefficient (Wildman–Crippen LogP) is 4.18. The van der Waals surface area contributed by atoms with Gasteiger partial charge in [-0.1, -0.05) is 42.9 Å². The van der Waals surface area contributed by atoms with Gasteiger partial charge in [-0.05, 0) is 25.5 Å². The van der Waals surface area contributed by atoms with E-state index < -0.39 is 0 Å². The van der Waals surface area contributed by atoms with Crippen LogP contribution in [0.3, 0.4) is 0 Å². The van der Waals surface area contributed by atoms with Gasteiger partial charge in [0.05, 0.1) is 12.8 Å². The van der Waals surface area contributed by atoms with E-state index in [1.165, 1.54) is 18.4 Å². The summed E-state index contributed by atoms with van der Waals surface area (Å²) in [7, 11) is 1.40. The van der Waals surface area contributed by atoms with Gasteiger partial charge in [0.25, 0.3) is 0 Å². The van der Waals surface area contributed by atoms with Crippen molar-refractivity contribution in [2.75, 3.05) is 18.6 Å². The van der Waals surface area contributed by atoms with Crippen molar-refractivity contribution in [2.45, 2.75) is 26.7 Å². The Balaban J connectivity index is 2.35. The number of methoxy groups -OCH3 is 1. The molecular formula is C16H20N2O2S. The van der Waals surface area contributed by atoms with Crippen LogP contribution in [0.1, 0.15) is 35.1 Å². The van der Waals surface area contributed by atoms with E-state index in [9.17, 15) is 4.79 Å². The Kier molecular flexibility index (Phi) is 5.33. The van der Waals surface area contributed by atoms with E-state index >= 15 is 0 Å². The van der Waals surface area contributed by atoms with E-state index in [0.29, 0.717) is 4.88 Å². The second kappa shape index (κ2) is 7.22. The molecule has 0 unspecified atom stereocenters. The summed E-state index contributed by atoms with van der Waals surface area (Å²) in [5, 5.41) is 0.840. The first kappa shape index (κ1) is 15.5. The number of hydrogen-bond donors (Lipinski definition) is 0. The van der Waals surface area contributed by atoms with Crippen LogP contribution in [0.2, 0.25) is 0 Å². The molecule has 0 N–H and O–H groups in total. The maximum Gasteiger partial charge on any atom is 0.350 e. The predicted molar refractivity (Wildman–Crippen MR) is 86.5 cm³/mol. The molecule has 0 fully saturated rings. The van der Waals surface area contributed by atoms with E-state index in [2.05, 4.69) is 28.9 Å². The summed E-state index contributed by atoms with van der Waals surface area (Å²) in [6, 6.07) is 10.1. The molecule has 2 rings (SSSR count). The first-order valence-corrected chi connectivity index (χ1v) is 7.87. The van der Waals surface area contributed by atoms with Crippen LogP contribution in [-0.4, -0.2) is 24.6 Å². The minimum atomic E-state index is -0.320. The number of ether oxygens (including phenoxy) is 1. The highest BCUT2D eigenvalue weighted by atomic mass is 32.1. The van der Waals surface area contributed by atoms with Crippen molar-refractivity contribution in [3.63, 3.8) is 0 Å². The quantitative estimate of drug-likeness (QED) is 0.751. The van der Waals surface area contributed by atoms with Crippen LogP contribution in [0.5, 0.6) is 0 Å². The Bertz CT molecular complexity index is 596. The van der Waals surface area contributed by atoms with Crippen molar-refractivity contribution >= 4 is 28.1 Å². The molecule has 0 aliphatic rings. The molecule has 0 spiro atoms. The molecule has 21 heavy (non-hydrogen) atoms. The summed E-state index contributed by atoms with van der Waals surface area (Å²) < 4.78 is 4.81. The summed E-state index contributed by atoms with van der Waals surface area (Å²) in [5.74, 6) is -0.320. The summed E-state index contributed by atoms with van der Waals surface area (Å²) in [6.07, 6.45) is 2.18. The van der Waals surface area contributed by atoms with Crippen LogP contribution < -0.4 is 4.90 Å². The Morgan fingerprint density at radius 3 is 2.67 bits per heavy atom. The van der Waals surface area contributed by atoms with Gasteiger partial charge in [-0.3, -0.25) is 0 Å². The lowest BCUT2D eigenvalue weighted by Crippen LogP contribution is -2.18. The number of benzene rings is 1. The van der Waals surface area contributed by atoms with Gasteiger partial charge in [0.2, 0.25) is 0 Å². The number of aromatic nitrogens is 1. The fourth-order valence-corrected chi connectivity index (χ4v) is 3.07. The standard InChI is InChI=1S/C16H20N2O2S/c1-4-5-11-18(13-9-7-6-8-10-13)16-17-12(2)14(21-16)15(19)20-3/h6-10H,4-5,11H2,1-3H3. The average molecular weight is 304 g/mol. The molecule has 0 aliphatic carbocycles. The highest BCUT2D eigenvalue weighted by Gasteiger charge is 2.20. The third kappa shape index (κ3) is 3.61. The fraction of sp³-hybridized carbons (Fsp3) is 0.375. The normalized spacial score (nSPS) is 10.4. The van der Waals surface area contributed by atoms with E-state index in [1.807, 2.05) is 25.1 Å². The molecular weight excluding hydrogens is 284 g/mol. The highest BCUT2D eigenvalue weighted by molar-refractivity contribution is 7.17. The lowest BCUT2D eigenvalue weighted by molar-refractivity contribution is 0.0605. The van der Waals surface area contributed by atoms with E-state index in [0.717, 1.165) is 35.9 Å². The number of carbonyl (C=O) groups excluding carboxylic acids is 1. The minimum Gasteiger partial charge on any atom is -0.465 e. The maximum atomic E-state index is 11.8. The number of esters is 1. The third-order valence-corrected chi connectivity index (χ3v) is 4.35. The van der Waals surface area contributed by atoms with Crippen molar-refractivity contribution in [1.29, 1.82) is 0 Å². The second-order valence-electron chi connectivity index (χ2n) is 4.74. The van der Waals surface area contributed by atoms with Gasteiger partial charge in [-0.25, -0.2) is 9.78 Å². The molecule has 0 atom stereocenters. The second-order valence-corrected chi connectivity index (χ2v) is 5.72. The van der Waals surface area contributed by atoms with Crippen LogP contribution in [0.15, 0.2) is 30.3 Å². The zero-order valence-electron chi connectivity index (χ0n) is 12.6. The SMILES string of the molecule is CCCCN(c1ccccc1)c1nc(C)c(C(=O)OC)s1. The first-order valence-electron chi connectivity index (χ1n) is 7.05. The van der Waals surface area contributed by atoms with Crippen molar-refractivity contribution in [3.8, 4) is 0 Å². The molecule has 0 radical (unpaired) electrons. The van der Waals surface area contributed by atoms with E-state index in [4.69, 9.17) is 4.74 Å². The molecule has 1 heterocycles. The monoisotopic (exact) mass is 304 g/mol. The van der Waals surface area contributed by atoms with Crippen LogP contribution in [0.4, 0.5) is 10.8 Å². The summed E-state index contributed by atoms with van der Waals surface area (Å²) in [4.78, 5) is 19.0. The zero-order valence-corrected chi connectivity index (χ0v) is 13.4. The smallest absolute Gasteiger partial charge is 0.350 e. The summed E-state index contributed by atoms with van der Waals surface area (Å²) >= 11 is 1.39. The third-order valence-electron chi connectivity index (χ3n) is 3.19. The molecule has 0 aliphatic heterocycles. The zero-order chi connectivity index (χ0) is 15.2. The number of aryl methyl sites for hydroxylation is 1. The number of anilines is 2. The highest BCUT2D eigenvalue weighted by Crippen LogP contribution is 2.32. The van der Waals surface area contributed by atoms with Crippen LogP contribution in [0.25, 0.3) is 0 Å². The Labute approximate surface area is 129 Å². The van der Waals surface area contributed by atoms with Gasteiger partial charge in [-0.15, -0.1) is 0 Å². The van der Waals surface area contributed by atoms with Crippen molar-refractivity contribution in [1.82, 2.24) is 4.98 Å². The van der Waals surface area contributed by atoms with Crippen molar-refractivity contribution in [2.24, 2.45) is 0 Å². The molecule has 4 nitrogen and oxygen atoms in total. The van der Waals surface area contributed by atoms with Gasteiger partial charge < -0.3 is 9.64 Å². The number of thiazole rings is 1. The van der Waals surface area contributed by atoms with Crippen molar-refractivity contribution < 1.29 is 9.53 Å². The Hall–Kier alpha value is -1.88. The molecule has 0 bridgehead atoms. The maximum absolute atomic E-state index is 11.8. The van der Waals surface area contributed by atoms with Crippen LogP contribution in [-0.2, 0) is 4.74 Å². The fourth-order valence-electron chi connectivity index (χ4n) is 2.04. The van der Waals surface area contributed by atoms with Crippen molar-refractivity contribution in [3.05, 3.63) is 40.9 Å². The Morgan fingerprint density at radius 1 is 1.33 bits per heavy atom. The van der Waals surface area contributed by atoms with Gasteiger partial charge in [0.1, 0.15) is 4.88 Å². The molecule has 0 amide bonds. The number of hydrogen-bond acceptors (Lipinski definition) is 5. The van der Waals surface area contributed by atoms with Gasteiger partial charge in [-0.2, -0.15) is 0 Å². The van der Waals surface area contributed by atoms with Crippen LogP contribution in [0, 0.1) is 6.92 Å². The number of rotatable bonds is 6. The van der Waals surface area contributed by atoms with Gasteiger partial charge in [0, 0.05) is 12.2 Å². The molecule has 0 saturated heterocycles.